The molecule has 2 aromatic rings. The van der Waals surface area contributed by atoms with Gasteiger partial charge in [-0.2, -0.15) is 0 Å². The van der Waals surface area contributed by atoms with Gasteiger partial charge in [0.05, 0.1) is 5.02 Å². The summed E-state index contributed by atoms with van der Waals surface area (Å²) in [6.45, 7) is 0.405. The van der Waals surface area contributed by atoms with E-state index in [9.17, 15) is 12.8 Å². The van der Waals surface area contributed by atoms with Gasteiger partial charge in [-0.05, 0) is 48.1 Å². The first-order chi connectivity index (χ1) is 11.7. The highest BCUT2D eigenvalue weighted by Gasteiger charge is 2.21. The minimum Gasteiger partial charge on any atom is -0.358 e. The quantitative estimate of drug-likeness (QED) is 0.753. The second kappa shape index (κ2) is 8.09. The normalized spacial score (nSPS) is 11.4. The lowest BCUT2D eigenvalue weighted by molar-refractivity contribution is 0.521. The van der Waals surface area contributed by atoms with Gasteiger partial charge < -0.3 is 10.6 Å². The minimum absolute atomic E-state index is 0.00880. The number of benzene rings is 2. The predicted molar refractivity (Wildman–Crippen MR) is 102 cm³/mol. The fraction of sp³-hybridized carbons (Fsp3) is 0.188. The summed E-state index contributed by atoms with van der Waals surface area (Å²) in [7, 11) is -0.801. The number of sulfonamides is 1. The van der Waals surface area contributed by atoms with E-state index in [0.29, 0.717) is 17.3 Å². The standard InChI is InChI=1S/C16H17ClFN3O2S2/c1-21(2)25(22,23)15-9-13(7-8-14(15)17)20-16(24)19-10-11-3-5-12(18)6-4-11/h3-9H,10H2,1-2H3,(H2,19,20,24). The molecule has 0 radical (unpaired) electrons. The van der Waals surface area contributed by atoms with Crippen LogP contribution in [-0.4, -0.2) is 31.9 Å². The van der Waals surface area contributed by atoms with E-state index in [4.69, 9.17) is 23.8 Å². The molecular weight excluding hydrogens is 385 g/mol. The van der Waals surface area contributed by atoms with Crippen LogP contribution in [0.2, 0.25) is 5.02 Å². The van der Waals surface area contributed by atoms with Crippen molar-refractivity contribution in [2.75, 3.05) is 19.4 Å². The molecule has 0 spiro atoms. The van der Waals surface area contributed by atoms with Crippen molar-refractivity contribution in [3.8, 4) is 0 Å². The molecule has 0 atom stereocenters. The third-order valence-electron chi connectivity index (χ3n) is 3.31. The van der Waals surface area contributed by atoms with Gasteiger partial charge in [0.1, 0.15) is 10.7 Å². The number of halogens is 2. The minimum atomic E-state index is -3.66. The van der Waals surface area contributed by atoms with E-state index in [1.807, 2.05) is 0 Å². The number of hydrogen-bond donors (Lipinski definition) is 2. The van der Waals surface area contributed by atoms with Gasteiger partial charge in [-0.3, -0.25) is 0 Å². The van der Waals surface area contributed by atoms with Gasteiger partial charge in [-0.1, -0.05) is 23.7 Å². The number of rotatable bonds is 5. The third kappa shape index (κ3) is 5.12. The van der Waals surface area contributed by atoms with Gasteiger partial charge in [-0.25, -0.2) is 17.1 Å². The van der Waals surface area contributed by atoms with Gasteiger partial charge in [0.2, 0.25) is 10.0 Å². The van der Waals surface area contributed by atoms with Crippen molar-refractivity contribution in [2.45, 2.75) is 11.4 Å². The predicted octanol–water partition coefficient (Wildman–Crippen LogP) is 3.22. The Morgan fingerprint density at radius 1 is 1.20 bits per heavy atom. The first-order valence-electron chi connectivity index (χ1n) is 7.21. The maximum atomic E-state index is 12.9. The van der Waals surface area contributed by atoms with Crippen molar-refractivity contribution in [1.29, 1.82) is 0 Å². The summed E-state index contributed by atoms with van der Waals surface area (Å²) in [5, 5.41) is 6.31. The molecule has 2 N–H and O–H groups in total. The van der Waals surface area contributed by atoms with Gasteiger partial charge >= 0.3 is 0 Å². The molecule has 0 saturated heterocycles. The van der Waals surface area contributed by atoms with Crippen molar-refractivity contribution in [1.82, 2.24) is 9.62 Å². The number of hydrogen-bond acceptors (Lipinski definition) is 3. The highest BCUT2D eigenvalue weighted by atomic mass is 35.5. The van der Waals surface area contributed by atoms with Crippen molar-refractivity contribution in [2.24, 2.45) is 0 Å². The highest BCUT2D eigenvalue weighted by Crippen LogP contribution is 2.26. The molecule has 0 aliphatic heterocycles. The van der Waals surface area contributed by atoms with Crippen LogP contribution in [0, 0.1) is 5.82 Å². The monoisotopic (exact) mass is 401 g/mol. The summed E-state index contributed by atoms with van der Waals surface area (Å²) < 4.78 is 38.5. The highest BCUT2D eigenvalue weighted by molar-refractivity contribution is 7.89. The maximum Gasteiger partial charge on any atom is 0.244 e. The number of thiocarbonyl (C=S) groups is 1. The number of nitrogens with one attached hydrogen (secondary N) is 2. The first kappa shape index (κ1) is 19.6. The zero-order valence-electron chi connectivity index (χ0n) is 13.6. The van der Waals surface area contributed by atoms with Crippen LogP contribution in [0.5, 0.6) is 0 Å². The lowest BCUT2D eigenvalue weighted by atomic mass is 10.2. The van der Waals surface area contributed by atoms with E-state index < -0.39 is 10.0 Å². The van der Waals surface area contributed by atoms with E-state index in [0.717, 1.165) is 9.87 Å². The lowest BCUT2D eigenvalue weighted by Gasteiger charge is -2.15. The van der Waals surface area contributed by atoms with Crippen molar-refractivity contribution < 1.29 is 12.8 Å². The van der Waals surface area contributed by atoms with Gasteiger partial charge in [0.25, 0.3) is 0 Å². The molecule has 2 aromatic carbocycles. The van der Waals surface area contributed by atoms with Crippen LogP contribution in [0.15, 0.2) is 47.4 Å². The molecule has 0 heterocycles. The van der Waals surface area contributed by atoms with Crippen LogP contribution in [-0.2, 0) is 16.6 Å². The van der Waals surface area contributed by atoms with E-state index in [-0.39, 0.29) is 15.7 Å². The molecule has 0 aromatic heterocycles. The Morgan fingerprint density at radius 3 is 2.44 bits per heavy atom. The van der Waals surface area contributed by atoms with E-state index in [1.165, 1.54) is 38.4 Å². The molecule has 25 heavy (non-hydrogen) atoms. The van der Waals surface area contributed by atoms with E-state index in [1.54, 1.807) is 18.2 Å². The molecule has 0 fully saturated rings. The Kier molecular flexibility index (Phi) is 6.34. The Morgan fingerprint density at radius 2 is 1.84 bits per heavy atom. The molecule has 0 aliphatic carbocycles. The largest absolute Gasteiger partial charge is 0.358 e. The average molecular weight is 402 g/mol. The third-order valence-corrected chi connectivity index (χ3v) is 5.86. The van der Waals surface area contributed by atoms with E-state index in [2.05, 4.69) is 10.6 Å². The fourth-order valence-electron chi connectivity index (χ4n) is 1.94. The molecule has 0 saturated carbocycles. The molecule has 0 amide bonds. The second-order valence-corrected chi connectivity index (χ2v) is 8.30. The average Bonchev–Trinajstić information content (AvgIpc) is 2.56. The summed E-state index contributed by atoms with van der Waals surface area (Å²) in [5.74, 6) is -0.305. The maximum absolute atomic E-state index is 12.9. The zero-order chi connectivity index (χ0) is 18.6. The summed E-state index contributed by atoms with van der Waals surface area (Å²) in [4.78, 5) is -0.00880. The van der Waals surface area contributed by atoms with Crippen molar-refractivity contribution in [3.05, 3.63) is 58.9 Å². The number of anilines is 1. The lowest BCUT2D eigenvalue weighted by Crippen LogP contribution is -2.28. The van der Waals surface area contributed by atoms with Crippen molar-refractivity contribution in [3.63, 3.8) is 0 Å². The summed E-state index contributed by atoms with van der Waals surface area (Å²) in [6, 6.07) is 10.6. The Balaban J connectivity index is 2.07. The van der Waals surface area contributed by atoms with Crippen LogP contribution in [0.4, 0.5) is 10.1 Å². The molecule has 0 aliphatic rings. The molecule has 5 nitrogen and oxygen atoms in total. The topological polar surface area (TPSA) is 61.4 Å². The second-order valence-electron chi connectivity index (χ2n) is 5.37. The molecule has 9 heteroatoms. The molecule has 2 rings (SSSR count). The van der Waals surface area contributed by atoms with Gasteiger partial charge in [0, 0.05) is 26.3 Å². The van der Waals surface area contributed by atoms with Crippen LogP contribution in [0.3, 0.4) is 0 Å². The molecular formula is C16H17ClFN3O2S2. The van der Waals surface area contributed by atoms with Crippen LogP contribution < -0.4 is 10.6 Å². The first-order valence-corrected chi connectivity index (χ1v) is 9.44. The summed E-state index contributed by atoms with van der Waals surface area (Å²) >= 11 is 11.2. The summed E-state index contributed by atoms with van der Waals surface area (Å²) in [5.41, 5.74) is 1.35. The van der Waals surface area contributed by atoms with Gasteiger partial charge in [-0.15, -0.1) is 0 Å². The molecule has 0 unspecified atom stereocenters. The molecule has 0 bridgehead atoms. The van der Waals surface area contributed by atoms with Crippen LogP contribution in [0.1, 0.15) is 5.56 Å². The smallest absolute Gasteiger partial charge is 0.244 e. The van der Waals surface area contributed by atoms with Crippen LogP contribution >= 0.6 is 23.8 Å². The number of nitrogens with zero attached hydrogens (tertiary/aromatic N) is 1. The Bertz CT molecular complexity index is 871. The van der Waals surface area contributed by atoms with Crippen LogP contribution in [0.25, 0.3) is 0 Å². The SMILES string of the molecule is CN(C)S(=O)(=O)c1cc(NC(=S)NCc2ccc(F)cc2)ccc1Cl. The van der Waals surface area contributed by atoms with E-state index >= 15 is 0 Å². The molecule has 134 valence electrons. The fourth-order valence-corrected chi connectivity index (χ4v) is 3.52. The zero-order valence-corrected chi connectivity index (χ0v) is 16.0. The van der Waals surface area contributed by atoms with Gasteiger partial charge in [0.15, 0.2) is 5.11 Å². The van der Waals surface area contributed by atoms with Crippen molar-refractivity contribution >= 4 is 44.6 Å². The Hall–Kier alpha value is -1.74. The Labute approximate surface area is 156 Å². The summed E-state index contributed by atoms with van der Waals surface area (Å²) in [6.07, 6.45) is 0.